The number of halogens is 1. The fourth-order valence-electron chi connectivity index (χ4n) is 1.97. The Labute approximate surface area is 110 Å². The largest absolute Gasteiger partial charge is 0.384 e. The van der Waals surface area contributed by atoms with Crippen LogP contribution in [0.4, 0.5) is 5.82 Å². The van der Waals surface area contributed by atoms with Gasteiger partial charge in [0.2, 0.25) is 0 Å². The van der Waals surface area contributed by atoms with Crippen molar-refractivity contribution in [3.05, 3.63) is 34.3 Å². The van der Waals surface area contributed by atoms with Crippen LogP contribution in [0.3, 0.4) is 0 Å². The topological polar surface area (TPSA) is 43.8 Å². The van der Waals surface area contributed by atoms with Gasteiger partial charge in [0.15, 0.2) is 0 Å². The monoisotopic (exact) mass is 293 g/mol. The van der Waals surface area contributed by atoms with Crippen LogP contribution in [-0.2, 0) is 7.05 Å². The Kier molecular flexibility index (Phi) is 3.24. The minimum absolute atomic E-state index is 0.353. The number of hydrogen-bond acceptors (Lipinski definition) is 2. The van der Waals surface area contributed by atoms with Crippen LogP contribution in [0, 0.1) is 0 Å². The molecule has 0 radical (unpaired) electrons. The maximum Gasteiger partial charge on any atom is 0.125 e. The van der Waals surface area contributed by atoms with E-state index in [0.29, 0.717) is 5.92 Å². The molecule has 2 rings (SSSR count). The second kappa shape index (κ2) is 4.53. The molecule has 0 aliphatic heterocycles. The summed E-state index contributed by atoms with van der Waals surface area (Å²) in [5.41, 5.74) is 9.24. The molecule has 0 atom stereocenters. The van der Waals surface area contributed by atoms with Gasteiger partial charge in [-0.1, -0.05) is 48.0 Å². The SMILES string of the molecule is CC(C)c1c(-c2ccccc2Br)nn(C)c1N. The highest BCUT2D eigenvalue weighted by Gasteiger charge is 2.19. The average Bonchev–Trinajstić information content (AvgIpc) is 2.56. The lowest BCUT2D eigenvalue weighted by molar-refractivity contribution is 0.780. The normalized spacial score (nSPS) is 11.1. The van der Waals surface area contributed by atoms with E-state index in [0.717, 1.165) is 27.1 Å². The van der Waals surface area contributed by atoms with Gasteiger partial charge in [-0.3, -0.25) is 4.68 Å². The number of benzene rings is 1. The maximum absolute atomic E-state index is 6.08. The first-order valence-corrected chi connectivity index (χ1v) is 6.39. The lowest BCUT2D eigenvalue weighted by Crippen LogP contribution is -2.00. The molecule has 3 nitrogen and oxygen atoms in total. The summed E-state index contributed by atoms with van der Waals surface area (Å²) >= 11 is 3.56. The molecule has 0 spiro atoms. The third-order valence-corrected chi connectivity index (χ3v) is 3.53. The minimum Gasteiger partial charge on any atom is -0.384 e. The summed E-state index contributed by atoms with van der Waals surface area (Å²) in [6.45, 7) is 4.27. The first kappa shape index (κ1) is 12.2. The first-order chi connectivity index (χ1) is 8.02. The van der Waals surface area contributed by atoms with Crippen molar-refractivity contribution in [3.63, 3.8) is 0 Å². The molecule has 0 saturated carbocycles. The molecule has 1 aromatic heterocycles. The van der Waals surface area contributed by atoms with E-state index >= 15 is 0 Å². The highest BCUT2D eigenvalue weighted by molar-refractivity contribution is 9.10. The van der Waals surface area contributed by atoms with Gasteiger partial charge in [-0.15, -0.1) is 0 Å². The van der Waals surface area contributed by atoms with Crippen molar-refractivity contribution in [3.8, 4) is 11.3 Å². The fraction of sp³-hybridized carbons (Fsp3) is 0.308. The van der Waals surface area contributed by atoms with E-state index in [2.05, 4.69) is 40.9 Å². The Morgan fingerprint density at radius 1 is 1.29 bits per heavy atom. The van der Waals surface area contributed by atoms with Crippen LogP contribution in [0.5, 0.6) is 0 Å². The molecule has 1 heterocycles. The van der Waals surface area contributed by atoms with Gasteiger partial charge in [0.1, 0.15) is 5.82 Å². The number of nitrogens with two attached hydrogens (primary N) is 1. The molecule has 0 aliphatic carbocycles. The number of nitrogens with zero attached hydrogens (tertiary/aromatic N) is 2. The van der Waals surface area contributed by atoms with Crippen molar-refractivity contribution in [2.75, 3.05) is 5.73 Å². The van der Waals surface area contributed by atoms with Gasteiger partial charge < -0.3 is 5.73 Å². The molecule has 0 bridgehead atoms. The maximum atomic E-state index is 6.08. The number of anilines is 1. The van der Waals surface area contributed by atoms with Crippen LogP contribution in [0.1, 0.15) is 25.3 Å². The van der Waals surface area contributed by atoms with Crippen molar-refractivity contribution in [2.45, 2.75) is 19.8 Å². The van der Waals surface area contributed by atoms with Gasteiger partial charge in [0.25, 0.3) is 0 Å². The van der Waals surface area contributed by atoms with Gasteiger partial charge in [-0.05, 0) is 12.0 Å². The highest BCUT2D eigenvalue weighted by Crippen LogP contribution is 2.35. The Hall–Kier alpha value is -1.29. The van der Waals surface area contributed by atoms with E-state index in [1.54, 1.807) is 4.68 Å². The summed E-state index contributed by atoms with van der Waals surface area (Å²) in [5, 5.41) is 4.52. The minimum atomic E-state index is 0.353. The van der Waals surface area contributed by atoms with Crippen molar-refractivity contribution >= 4 is 21.7 Å². The number of rotatable bonds is 2. The van der Waals surface area contributed by atoms with Crippen molar-refractivity contribution in [1.29, 1.82) is 0 Å². The molecule has 1 aromatic carbocycles. The molecule has 2 aromatic rings. The highest BCUT2D eigenvalue weighted by atomic mass is 79.9. The van der Waals surface area contributed by atoms with Gasteiger partial charge in [-0.2, -0.15) is 5.10 Å². The first-order valence-electron chi connectivity index (χ1n) is 5.59. The predicted molar refractivity (Wildman–Crippen MR) is 74.8 cm³/mol. The summed E-state index contributed by atoms with van der Waals surface area (Å²) < 4.78 is 2.78. The van der Waals surface area contributed by atoms with E-state index in [4.69, 9.17) is 5.73 Å². The summed E-state index contributed by atoms with van der Waals surface area (Å²) in [4.78, 5) is 0. The standard InChI is InChI=1S/C13H16BrN3/c1-8(2)11-12(16-17(3)13(11)15)9-6-4-5-7-10(9)14/h4-8H,15H2,1-3H3. The van der Waals surface area contributed by atoms with Gasteiger partial charge in [0.05, 0.1) is 5.69 Å². The Morgan fingerprint density at radius 3 is 2.53 bits per heavy atom. The zero-order valence-electron chi connectivity index (χ0n) is 10.2. The molecule has 90 valence electrons. The lowest BCUT2D eigenvalue weighted by atomic mass is 9.99. The van der Waals surface area contributed by atoms with Crippen LogP contribution < -0.4 is 5.73 Å². The third kappa shape index (κ3) is 2.09. The zero-order chi connectivity index (χ0) is 12.6. The van der Waals surface area contributed by atoms with E-state index in [1.165, 1.54) is 0 Å². The van der Waals surface area contributed by atoms with Crippen LogP contribution in [-0.4, -0.2) is 9.78 Å². The zero-order valence-corrected chi connectivity index (χ0v) is 11.8. The van der Waals surface area contributed by atoms with Crippen LogP contribution in [0.25, 0.3) is 11.3 Å². The van der Waals surface area contributed by atoms with E-state index < -0.39 is 0 Å². The molecule has 17 heavy (non-hydrogen) atoms. The summed E-state index contributed by atoms with van der Waals surface area (Å²) in [6, 6.07) is 8.08. The van der Waals surface area contributed by atoms with E-state index in [-0.39, 0.29) is 0 Å². The Morgan fingerprint density at radius 2 is 1.94 bits per heavy atom. The quantitative estimate of drug-likeness (QED) is 0.920. The second-order valence-corrected chi connectivity index (χ2v) is 5.26. The fourth-order valence-corrected chi connectivity index (χ4v) is 2.45. The molecule has 2 N–H and O–H groups in total. The number of nitrogen functional groups attached to an aromatic ring is 1. The number of aromatic nitrogens is 2. The lowest BCUT2D eigenvalue weighted by Gasteiger charge is -2.08. The predicted octanol–water partition coefficient (Wildman–Crippen LogP) is 3.56. The smallest absolute Gasteiger partial charge is 0.125 e. The molecule has 0 aliphatic rings. The third-order valence-electron chi connectivity index (χ3n) is 2.84. The van der Waals surface area contributed by atoms with Gasteiger partial charge >= 0.3 is 0 Å². The molecule has 0 saturated heterocycles. The van der Waals surface area contributed by atoms with Gasteiger partial charge in [0, 0.05) is 22.6 Å². The summed E-state index contributed by atoms with van der Waals surface area (Å²) in [6.07, 6.45) is 0. The second-order valence-electron chi connectivity index (χ2n) is 4.41. The summed E-state index contributed by atoms with van der Waals surface area (Å²) in [7, 11) is 1.88. The van der Waals surface area contributed by atoms with Gasteiger partial charge in [-0.25, -0.2) is 0 Å². The van der Waals surface area contributed by atoms with Crippen molar-refractivity contribution < 1.29 is 0 Å². The molecule has 0 fully saturated rings. The Bertz CT molecular complexity index is 544. The molecular weight excluding hydrogens is 278 g/mol. The molecule has 0 unspecified atom stereocenters. The number of hydrogen-bond donors (Lipinski definition) is 1. The van der Waals surface area contributed by atoms with Crippen LogP contribution >= 0.6 is 15.9 Å². The molecular formula is C13H16BrN3. The van der Waals surface area contributed by atoms with Crippen LogP contribution in [0.2, 0.25) is 0 Å². The summed E-state index contributed by atoms with van der Waals surface area (Å²) in [5.74, 6) is 1.09. The van der Waals surface area contributed by atoms with E-state index in [1.807, 2.05) is 25.2 Å². The molecule has 4 heteroatoms. The number of aryl methyl sites for hydroxylation is 1. The van der Waals surface area contributed by atoms with E-state index in [9.17, 15) is 0 Å². The molecule has 0 amide bonds. The average molecular weight is 294 g/mol. The Balaban J connectivity index is 2.68. The van der Waals surface area contributed by atoms with Crippen molar-refractivity contribution in [1.82, 2.24) is 9.78 Å². The van der Waals surface area contributed by atoms with Crippen molar-refractivity contribution in [2.24, 2.45) is 7.05 Å². The van der Waals surface area contributed by atoms with Crippen LogP contribution in [0.15, 0.2) is 28.7 Å².